The van der Waals surface area contributed by atoms with Crippen LogP contribution in [0.15, 0.2) is 12.3 Å². The largest absolute Gasteiger partial charge is 0.465 e. The van der Waals surface area contributed by atoms with Gasteiger partial charge in [-0.2, -0.15) is 5.26 Å². The Hall–Kier alpha value is -2.13. The van der Waals surface area contributed by atoms with E-state index in [-0.39, 0.29) is 5.69 Å². The van der Waals surface area contributed by atoms with Crippen molar-refractivity contribution in [2.45, 2.75) is 19.9 Å². The van der Waals surface area contributed by atoms with Gasteiger partial charge in [-0.15, -0.1) is 0 Å². The highest BCUT2D eigenvalue weighted by molar-refractivity contribution is 5.96. The van der Waals surface area contributed by atoms with Crippen molar-refractivity contribution in [2.75, 3.05) is 38.2 Å². The van der Waals surface area contributed by atoms with E-state index in [1.807, 2.05) is 6.07 Å². The van der Waals surface area contributed by atoms with Crippen molar-refractivity contribution in [3.05, 3.63) is 23.5 Å². The second-order valence-electron chi connectivity index (χ2n) is 5.31. The monoisotopic (exact) mass is 288 g/mol. The van der Waals surface area contributed by atoms with Gasteiger partial charge in [-0.1, -0.05) is 0 Å². The number of aromatic nitrogens is 1. The Bertz CT molecular complexity index is 557. The zero-order chi connectivity index (χ0) is 15.4. The molecule has 1 saturated heterocycles. The lowest BCUT2D eigenvalue weighted by Crippen LogP contribution is -2.49. The Morgan fingerprint density at radius 1 is 1.38 bits per heavy atom. The van der Waals surface area contributed by atoms with Gasteiger partial charge >= 0.3 is 5.97 Å². The maximum absolute atomic E-state index is 11.9. The van der Waals surface area contributed by atoms with Crippen molar-refractivity contribution >= 4 is 11.7 Å². The molecule has 0 saturated carbocycles. The third kappa shape index (κ3) is 3.31. The summed E-state index contributed by atoms with van der Waals surface area (Å²) in [6.07, 6.45) is 1.59. The van der Waals surface area contributed by atoms with E-state index < -0.39 is 5.97 Å². The minimum Gasteiger partial charge on any atom is -0.465 e. The molecule has 2 heterocycles. The van der Waals surface area contributed by atoms with E-state index in [9.17, 15) is 4.79 Å². The summed E-state index contributed by atoms with van der Waals surface area (Å²) in [6, 6.07) is 3.97. The van der Waals surface area contributed by atoms with Gasteiger partial charge in [0.1, 0.15) is 11.8 Å². The molecule has 0 spiro atoms. The lowest BCUT2D eigenvalue weighted by atomic mass is 10.1. The average molecular weight is 288 g/mol. The molecule has 0 aromatic carbocycles. The number of hydrogen-bond donors (Lipinski definition) is 0. The molecule has 1 aromatic heterocycles. The third-order valence-corrected chi connectivity index (χ3v) is 3.79. The molecule has 6 heteroatoms. The molecule has 2 rings (SSSR count). The lowest BCUT2D eigenvalue weighted by molar-refractivity contribution is 0.0601. The first-order chi connectivity index (χ1) is 10.1. The number of piperazine rings is 1. The molecule has 21 heavy (non-hydrogen) atoms. The van der Waals surface area contributed by atoms with Gasteiger partial charge in [-0.3, -0.25) is 4.90 Å². The number of esters is 1. The van der Waals surface area contributed by atoms with Gasteiger partial charge in [0, 0.05) is 32.2 Å². The average Bonchev–Trinajstić information content (AvgIpc) is 2.53. The summed E-state index contributed by atoms with van der Waals surface area (Å²) in [5, 5.41) is 8.93. The Labute approximate surface area is 124 Å². The predicted molar refractivity (Wildman–Crippen MR) is 79.2 cm³/mol. The van der Waals surface area contributed by atoms with Crippen molar-refractivity contribution in [2.24, 2.45) is 0 Å². The van der Waals surface area contributed by atoms with Crippen LogP contribution in [0.4, 0.5) is 5.69 Å². The van der Waals surface area contributed by atoms with Crippen molar-refractivity contribution in [3.63, 3.8) is 0 Å². The van der Waals surface area contributed by atoms with Crippen molar-refractivity contribution < 1.29 is 9.53 Å². The summed E-state index contributed by atoms with van der Waals surface area (Å²) < 4.78 is 4.81. The first-order valence-corrected chi connectivity index (χ1v) is 7.04. The summed E-state index contributed by atoms with van der Waals surface area (Å²) in [5.41, 5.74) is 1.37. The Morgan fingerprint density at radius 2 is 2.05 bits per heavy atom. The minimum atomic E-state index is -0.435. The summed E-state index contributed by atoms with van der Waals surface area (Å²) in [5.74, 6) is -0.435. The third-order valence-electron chi connectivity index (χ3n) is 3.79. The van der Waals surface area contributed by atoms with Crippen molar-refractivity contribution in [1.29, 1.82) is 5.26 Å². The van der Waals surface area contributed by atoms with Gasteiger partial charge in [0.05, 0.1) is 24.6 Å². The highest BCUT2D eigenvalue weighted by atomic mass is 16.5. The van der Waals surface area contributed by atoms with Crippen LogP contribution >= 0.6 is 0 Å². The maximum Gasteiger partial charge on any atom is 0.340 e. The van der Waals surface area contributed by atoms with Gasteiger partial charge in [0.25, 0.3) is 0 Å². The number of ether oxygens (including phenoxy) is 1. The van der Waals surface area contributed by atoms with Gasteiger partial charge in [-0.05, 0) is 19.9 Å². The molecule has 1 fully saturated rings. The number of nitrogens with zero attached hydrogens (tertiary/aromatic N) is 4. The Kier molecular flexibility index (Phi) is 4.76. The van der Waals surface area contributed by atoms with Crippen LogP contribution in [0.3, 0.4) is 0 Å². The molecule has 0 radical (unpaired) electrons. The number of carbonyl (C=O) groups excluding carboxylic acids is 1. The predicted octanol–water partition coefficient (Wildman–Crippen LogP) is 1.27. The van der Waals surface area contributed by atoms with E-state index in [0.717, 1.165) is 31.9 Å². The highest BCUT2D eigenvalue weighted by Crippen LogP contribution is 2.23. The number of nitriles is 1. The Morgan fingerprint density at radius 3 is 2.57 bits per heavy atom. The number of rotatable bonds is 3. The van der Waals surface area contributed by atoms with Crippen LogP contribution in [-0.2, 0) is 4.74 Å². The number of carbonyl (C=O) groups is 1. The fraction of sp³-hybridized carbons (Fsp3) is 0.533. The van der Waals surface area contributed by atoms with Crippen LogP contribution in [-0.4, -0.2) is 55.2 Å². The van der Waals surface area contributed by atoms with E-state index >= 15 is 0 Å². The fourth-order valence-corrected chi connectivity index (χ4v) is 2.51. The SMILES string of the molecule is COC(=O)c1cc(C#N)ncc1N1CCN(C(C)C)CC1. The molecule has 0 aliphatic carbocycles. The van der Waals surface area contributed by atoms with Crippen LogP contribution in [0.5, 0.6) is 0 Å². The van der Waals surface area contributed by atoms with Gasteiger partial charge in [0.2, 0.25) is 0 Å². The quantitative estimate of drug-likeness (QED) is 0.780. The fourth-order valence-electron chi connectivity index (χ4n) is 2.51. The van der Waals surface area contributed by atoms with E-state index in [1.165, 1.54) is 13.2 Å². The smallest absolute Gasteiger partial charge is 0.340 e. The molecule has 1 aliphatic heterocycles. The topological polar surface area (TPSA) is 69.5 Å². The summed E-state index contributed by atoms with van der Waals surface area (Å²) >= 11 is 0. The van der Waals surface area contributed by atoms with E-state index in [0.29, 0.717) is 11.6 Å². The van der Waals surface area contributed by atoms with Gasteiger partial charge in [-0.25, -0.2) is 9.78 Å². The highest BCUT2D eigenvalue weighted by Gasteiger charge is 2.23. The zero-order valence-electron chi connectivity index (χ0n) is 12.7. The normalized spacial score (nSPS) is 15.9. The molecule has 1 aliphatic rings. The molecule has 0 unspecified atom stereocenters. The minimum absolute atomic E-state index is 0.222. The molecule has 0 N–H and O–H groups in total. The van der Waals surface area contributed by atoms with Crippen LogP contribution in [0.1, 0.15) is 29.9 Å². The zero-order valence-corrected chi connectivity index (χ0v) is 12.7. The lowest BCUT2D eigenvalue weighted by Gasteiger charge is -2.38. The number of anilines is 1. The van der Waals surface area contributed by atoms with Crippen molar-refractivity contribution in [1.82, 2.24) is 9.88 Å². The van der Waals surface area contributed by atoms with E-state index in [2.05, 4.69) is 28.6 Å². The maximum atomic E-state index is 11.9. The summed E-state index contributed by atoms with van der Waals surface area (Å²) in [6.45, 7) is 7.90. The van der Waals surface area contributed by atoms with Crippen LogP contribution in [0.25, 0.3) is 0 Å². The molecule has 6 nitrogen and oxygen atoms in total. The molecule has 0 amide bonds. The second-order valence-corrected chi connectivity index (χ2v) is 5.31. The van der Waals surface area contributed by atoms with Gasteiger partial charge < -0.3 is 9.64 Å². The van der Waals surface area contributed by atoms with E-state index in [4.69, 9.17) is 10.00 Å². The molecular formula is C15H20N4O2. The molecular weight excluding hydrogens is 268 g/mol. The van der Waals surface area contributed by atoms with Crippen LogP contribution in [0, 0.1) is 11.3 Å². The second kappa shape index (κ2) is 6.55. The summed E-state index contributed by atoms with van der Waals surface area (Å²) in [7, 11) is 1.34. The van der Waals surface area contributed by atoms with Gasteiger partial charge in [0.15, 0.2) is 0 Å². The molecule has 1 aromatic rings. The number of methoxy groups -OCH3 is 1. The first-order valence-electron chi connectivity index (χ1n) is 7.04. The standard InChI is InChI=1S/C15H20N4O2/c1-11(2)18-4-6-19(7-5-18)14-10-17-12(9-16)8-13(14)15(20)21-3/h8,10-11H,4-7H2,1-3H3. The van der Waals surface area contributed by atoms with E-state index in [1.54, 1.807) is 6.20 Å². The number of hydrogen-bond acceptors (Lipinski definition) is 6. The first kappa shape index (κ1) is 15.3. The number of pyridine rings is 1. The molecule has 0 bridgehead atoms. The molecule has 112 valence electrons. The van der Waals surface area contributed by atoms with Crippen LogP contribution < -0.4 is 4.90 Å². The Balaban J connectivity index is 2.24. The van der Waals surface area contributed by atoms with Crippen LogP contribution in [0.2, 0.25) is 0 Å². The molecule has 0 atom stereocenters. The van der Waals surface area contributed by atoms with Crippen molar-refractivity contribution in [3.8, 4) is 6.07 Å². The summed E-state index contributed by atoms with van der Waals surface area (Å²) in [4.78, 5) is 20.5.